The lowest BCUT2D eigenvalue weighted by Crippen LogP contribution is -2.80. The number of aliphatic hydroxyl groups excluding tert-OH is 2. The summed E-state index contributed by atoms with van der Waals surface area (Å²) in [5.41, 5.74) is 1.25. The summed E-state index contributed by atoms with van der Waals surface area (Å²) < 4.78 is 36.3. The highest BCUT2D eigenvalue weighted by atomic mass is 16.6. The van der Waals surface area contributed by atoms with Crippen molar-refractivity contribution in [3.8, 4) is 0 Å². The summed E-state index contributed by atoms with van der Waals surface area (Å²) in [6.07, 6.45) is -9.65. The molecule has 3 aliphatic carbocycles. The number of aliphatic hydroxyl groups is 3. The molecule has 1 heterocycles. The highest BCUT2D eigenvalue weighted by Crippen LogP contribution is 2.61. The van der Waals surface area contributed by atoms with Gasteiger partial charge in [0.25, 0.3) is 0 Å². The first-order valence-electron chi connectivity index (χ1n) is 19.7. The summed E-state index contributed by atoms with van der Waals surface area (Å²) in [5, 5.41) is 39.6. The molecule has 2 unspecified atom stereocenters. The molecule has 1 amide bonds. The van der Waals surface area contributed by atoms with Gasteiger partial charge in [-0.1, -0.05) is 60.7 Å². The van der Waals surface area contributed by atoms with Crippen molar-refractivity contribution < 1.29 is 62.9 Å². The lowest BCUT2D eigenvalue weighted by Gasteiger charge is -2.65. The molecule has 11 atom stereocenters. The van der Waals surface area contributed by atoms with Gasteiger partial charge in [0, 0.05) is 38.6 Å². The Morgan fingerprint density at radius 1 is 1.05 bits per heavy atom. The Morgan fingerprint density at radius 3 is 2.29 bits per heavy atom. The Hall–Kier alpha value is -4.22. The number of carbonyl (C=O) groups is 4. The van der Waals surface area contributed by atoms with Crippen LogP contribution in [0.2, 0.25) is 0 Å². The summed E-state index contributed by atoms with van der Waals surface area (Å²) in [6, 6.07) is 16.6. The van der Waals surface area contributed by atoms with Gasteiger partial charge < -0.3 is 54.8 Å². The Kier molecular flexibility index (Phi) is 12.6. The molecule has 0 radical (unpaired) electrons. The quantitative estimate of drug-likeness (QED) is 0.118. The number of hydrogen-bond donors (Lipinski definition) is 5. The average molecular weight is 809 g/mol. The van der Waals surface area contributed by atoms with Crippen LogP contribution in [0.15, 0.2) is 71.8 Å². The predicted octanol–water partition coefficient (Wildman–Crippen LogP) is 2.97. The van der Waals surface area contributed by atoms with Crippen LogP contribution < -0.4 is 11.1 Å². The molecular formula is C43H56N2O13. The number of amides is 1. The van der Waals surface area contributed by atoms with E-state index in [-0.39, 0.29) is 51.2 Å². The van der Waals surface area contributed by atoms with E-state index in [1.54, 1.807) is 58.0 Å². The molecule has 4 aliphatic rings. The van der Waals surface area contributed by atoms with Crippen LogP contribution in [0.4, 0.5) is 4.79 Å². The minimum absolute atomic E-state index is 0.0273. The number of alkyl carbamates (subject to hydrolysis) is 1. The number of ether oxygens (including phenoxy) is 6. The Labute approximate surface area is 338 Å². The number of hydrogen-bond acceptors (Lipinski definition) is 14. The number of rotatable bonds is 12. The summed E-state index contributed by atoms with van der Waals surface area (Å²) in [4.78, 5) is 55.3. The van der Waals surface area contributed by atoms with Crippen LogP contribution in [0.5, 0.6) is 0 Å². The fourth-order valence-corrected chi connectivity index (χ4v) is 9.19. The second-order valence-corrected chi connectivity index (χ2v) is 17.1. The third-order valence-corrected chi connectivity index (χ3v) is 12.0. The molecule has 2 aromatic carbocycles. The van der Waals surface area contributed by atoms with Crippen LogP contribution in [0, 0.1) is 11.3 Å². The first-order valence-corrected chi connectivity index (χ1v) is 19.7. The molecule has 3 fully saturated rings. The minimum Gasteiger partial charge on any atom is -0.456 e. The molecule has 15 nitrogen and oxygen atoms in total. The number of ketones is 1. The van der Waals surface area contributed by atoms with Crippen LogP contribution in [0.1, 0.15) is 78.0 Å². The van der Waals surface area contributed by atoms with Crippen molar-refractivity contribution in [3.63, 3.8) is 0 Å². The highest BCUT2D eigenvalue weighted by molar-refractivity contribution is 5.93. The number of esters is 2. The normalized spacial score (nSPS) is 32.9. The fraction of sp³-hybridized carbons (Fsp3) is 0.581. The zero-order chi connectivity index (χ0) is 42.2. The molecule has 0 spiro atoms. The lowest BCUT2D eigenvalue weighted by atomic mass is 9.48. The zero-order valence-corrected chi connectivity index (χ0v) is 33.8. The maximum absolute atomic E-state index is 14.8. The smallest absolute Gasteiger partial charge is 0.408 e. The molecule has 15 heteroatoms. The highest BCUT2D eigenvalue weighted by Gasteiger charge is 2.75. The van der Waals surface area contributed by atoms with Gasteiger partial charge in [-0.15, -0.1) is 0 Å². The zero-order valence-electron chi connectivity index (χ0n) is 33.8. The summed E-state index contributed by atoms with van der Waals surface area (Å²) in [7, 11) is 0. The van der Waals surface area contributed by atoms with E-state index < -0.39 is 94.6 Å². The molecule has 316 valence electrons. The maximum atomic E-state index is 14.8. The lowest BCUT2D eigenvalue weighted by molar-refractivity contribution is -0.346. The molecule has 2 bridgehead atoms. The monoisotopic (exact) mass is 808 g/mol. The van der Waals surface area contributed by atoms with Gasteiger partial charge in [0.2, 0.25) is 0 Å². The van der Waals surface area contributed by atoms with Gasteiger partial charge in [-0.05, 0) is 56.9 Å². The van der Waals surface area contributed by atoms with Crippen LogP contribution >= 0.6 is 0 Å². The van der Waals surface area contributed by atoms with Gasteiger partial charge in [-0.3, -0.25) is 9.59 Å². The maximum Gasteiger partial charge on any atom is 0.408 e. The van der Waals surface area contributed by atoms with E-state index in [0.717, 1.165) is 5.56 Å². The standard InChI is InChI=1S/C43H56N2O13/c1-24-28-20-42(52,21-29(24)56-38(50)34(53-18-17-44)32(27-15-11-8-12-16-27)45-39(51)58-40(3,4)5)37(54-22-26-13-9-7-10-14-26)35-41(6,36(49)33(28)48)30(47)19-31-43(35,23-55-31)57-25(2)46/h7-16,29-35,37,47-48,52H,17-23,44H2,1-6H3,(H,45,51)/t29-,30-,31-,32-,33+,34-,35?,37?,41+,42+,43-/m0/s1. The van der Waals surface area contributed by atoms with Gasteiger partial charge >= 0.3 is 18.0 Å². The number of benzene rings is 2. The van der Waals surface area contributed by atoms with Crippen molar-refractivity contribution in [3.05, 3.63) is 82.9 Å². The second-order valence-electron chi connectivity index (χ2n) is 17.1. The Morgan fingerprint density at radius 2 is 1.71 bits per heavy atom. The van der Waals surface area contributed by atoms with E-state index >= 15 is 0 Å². The molecule has 0 aromatic heterocycles. The molecule has 6 rings (SSSR count). The van der Waals surface area contributed by atoms with Crippen molar-refractivity contribution in [2.45, 2.75) is 127 Å². The predicted molar refractivity (Wildman–Crippen MR) is 207 cm³/mol. The molecule has 1 saturated heterocycles. The van der Waals surface area contributed by atoms with Gasteiger partial charge in [-0.25, -0.2) is 9.59 Å². The summed E-state index contributed by atoms with van der Waals surface area (Å²) >= 11 is 0. The van der Waals surface area contributed by atoms with Gasteiger partial charge in [0.1, 0.15) is 23.9 Å². The minimum atomic E-state index is -1.99. The number of nitrogens with two attached hydrogens (primary N) is 1. The van der Waals surface area contributed by atoms with Gasteiger partial charge in [-0.2, -0.15) is 0 Å². The summed E-state index contributed by atoms with van der Waals surface area (Å²) in [6.45, 7) is 9.15. The van der Waals surface area contributed by atoms with Crippen molar-refractivity contribution in [1.82, 2.24) is 5.32 Å². The average Bonchev–Trinajstić information content (AvgIpc) is 3.16. The van der Waals surface area contributed by atoms with Gasteiger partial charge in [0.05, 0.1) is 49.1 Å². The molecule has 2 aromatic rings. The van der Waals surface area contributed by atoms with Gasteiger partial charge in [0.15, 0.2) is 17.5 Å². The molecule has 58 heavy (non-hydrogen) atoms. The molecule has 2 saturated carbocycles. The van der Waals surface area contributed by atoms with Crippen molar-refractivity contribution in [1.29, 1.82) is 0 Å². The number of fused-ring (bicyclic) bond motifs is 5. The van der Waals surface area contributed by atoms with E-state index in [1.165, 1.54) is 13.8 Å². The van der Waals surface area contributed by atoms with E-state index in [4.69, 9.17) is 34.2 Å². The SMILES string of the molecule is CC(=O)O[C@@]12CO[C@H]1C[C@H](O)[C@@]1(C)C(=O)[C@H](O)C3=C(C)[C@@H](OC(=O)[C@@H](OCCN)[C@@H](NC(=O)OC(C)(C)C)c4ccccc4)C[C@](O)(C3)C(OCc3ccccc3)C12. The number of nitrogens with one attached hydrogen (secondary N) is 1. The van der Waals surface area contributed by atoms with E-state index in [2.05, 4.69) is 5.32 Å². The van der Waals surface area contributed by atoms with Crippen LogP contribution in [0.3, 0.4) is 0 Å². The first kappa shape index (κ1) is 43.4. The molecular weight excluding hydrogens is 752 g/mol. The van der Waals surface area contributed by atoms with E-state index in [9.17, 15) is 34.5 Å². The Bertz CT molecular complexity index is 1870. The van der Waals surface area contributed by atoms with E-state index in [1.807, 2.05) is 30.3 Å². The fourth-order valence-electron chi connectivity index (χ4n) is 9.19. The van der Waals surface area contributed by atoms with Crippen molar-refractivity contribution >= 4 is 23.8 Å². The number of carbonyl (C=O) groups excluding carboxylic acids is 4. The molecule has 6 N–H and O–H groups in total. The third kappa shape index (κ3) is 8.31. The largest absolute Gasteiger partial charge is 0.456 e. The first-order chi connectivity index (χ1) is 27.3. The molecule has 1 aliphatic heterocycles. The Balaban J connectivity index is 1.43. The van der Waals surface area contributed by atoms with Crippen LogP contribution in [0.25, 0.3) is 0 Å². The van der Waals surface area contributed by atoms with Crippen molar-refractivity contribution in [2.75, 3.05) is 19.8 Å². The number of Topliss-reactive ketones (excluding diaryl/α,β-unsaturated/α-hetero) is 1. The second kappa shape index (κ2) is 16.8. The third-order valence-electron chi connectivity index (χ3n) is 12.0. The van der Waals surface area contributed by atoms with E-state index in [0.29, 0.717) is 11.1 Å². The van der Waals surface area contributed by atoms with Crippen LogP contribution in [-0.4, -0.2) is 112 Å². The van der Waals surface area contributed by atoms with Crippen LogP contribution in [-0.2, 0) is 49.4 Å². The summed E-state index contributed by atoms with van der Waals surface area (Å²) in [5.74, 6) is -3.61. The van der Waals surface area contributed by atoms with Crippen molar-refractivity contribution in [2.24, 2.45) is 17.1 Å². The topological polar surface area (TPSA) is 222 Å².